The molecule has 6 rings (SSSR count). The number of para-hydroxylation sites is 4. The second-order valence-corrected chi connectivity index (χ2v) is 10.0. The summed E-state index contributed by atoms with van der Waals surface area (Å²) in [5.41, 5.74) is 4.78. The van der Waals surface area contributed by atoms with E-state index in [4.69, 9.17) is 9.47 Å². The number of hydrogen-bond acceptors (Lipinski definition) is 4. The van der Waals surface area contributed by atoms with Gasteiger partial charge in [-0.15, -0.1) is 0 Å². The van der Waals surface area contributed by atoms with E-state index in [1.54, 1.807) is 6.07 Å². The lowest BCUT2D eigenvalue weighted by Crippen LogP contribution is -2.35. The molecule has 2 N–H and O–H groups in total. The van der Waals surface area contributed by atoms with Crippen LogP contribution in [-0.2, 0) is 10.8 Å². The van der Waals surface area contributed by atoms with E-state index < -0.39 is 7.12 Å². The average molecular weight is 464 g/mol. The molecule has 0 fully saturated rings. The van der Waals surface area contributed by atoms with Gasteiger partial charge in [-0.3, -0.25) is 0 Å². The minimum absolute atomic E-state index is 0.0193. The first-order valence-corrected chi connectivity index (χ1v) is 11.8. The molecule has 2 aliphatic heterocycles. The van der Waals surface area contributed by atoms with Crippen LogP contribution in [0.2, 0.25) is 0 Å². The first-order valence-electron chi connectivity index (χ1n) is 11.8. The Bertz CT molecular complexity index is 1340. The molecule has 0 spiro atoms. The van der Waals surface area contributed by atoms with Gasteiger partial charge >= 0.3 is 7.12 Å². The molecule has 0 aliphatic carbocycles. The molecule has 35 heavy (non-hydrogen) atoms. The Morgan fingerprint density at radius 1 is 0.514 bits per heavy atom. The third-order valence-electron chi connectivity index (χ3n) is 7.11. The lowest BCUT2D eigenvalue weighted by molar-refractivity contribution is 0.405. The van der Waals surface area contributed by atoms with E-state index in [9.17, 15) is 10.0 Å². The highest BCUT2D eigenvalue weighted by molar-refractivity contribution is 6.59. The quantitative estimate of drug-likeness (QED) is 0.344. The third-order valence-corrected chi connectivity index (χ3v) is 7.11. The molecule has 2 aliphatic rings. The molecule has 4 aromatic rings. The SMILES string of the molecule is CC1(C)c2ccccc2Oc2c(B(O)O)cccc21.CC1(C)c2ccccc2Oc2ccccc21. The summed E-state index contributed by atoms with van der Waals surface area (Å²) in [4.78, 5) is 0. The van der Waals surface area contributed by atoms with E-state index in [0.717, 1.165) is 28.4 Å². The van der Waals surface area contributed by atoms with Crippen molar-refractivity contribution in [2.45, 2.75) is 38.5 Å². The number of fused-ring (bicyclic) bond motifs is 4. The van der Waals surface area contributed by atoms with Crippen LogP contribution in [0, 0.1) is 0 Å². The molecule has 176 valence electrons. The van der Waals surface area contributed by atoms with Gasteiger partial charge in [-0.05, 0) is 18.2 Å². The van der Waals surface area contributed by atoms with Crippen molar-refractivity contribution in [3.63, 3.8) is 0 Å². The van der Waals surface area contributed by atoms with Crippen LogP contribution in [0.5, 0.6) is 23.0 Å². The molecule has 4 nitrogen and oxygen atoms in total. The molecule has 2 heterocycles. The maximum Gasteiger partial charge on any atom is 0.492 e. The minimum Gasteiger partial charge on any atom is -0.457 e. The van der Waals surface area contributed by atoms with Gasteiger partial charge in [-0.1, -0.05) is 100 Å². The molecule has 0 atom stereocenters. The van der Waals surface area contributed by atoms with E-state index in [-0.39, 0.29) is 10.8 Å². The molecule has 0 radical (unpaired) electrons. The molecule has 0 amide bonds. The molecular formula is C30H29BO4. The van der Waals surface area contributed by atoms with Crippen molar-refractivity contribution in [2.75, 3.05) is 0 Å². The summed E-state index contributed by atoms with van der Waals surface area (Å²) < 4.78 is 11.8. The van der Waals surface area contributed by atoms with Crippen molar-refractivity contribution in [3.05, 3.63) is 113 Å². The Labute approximate surface area is 206 Å². The lowest BCUT2D eigenvalue weighted by Gasteiger charge is -2.35. The maximum absolute atomic E-state index is 9.47. The fourth-order valence-corrected chi connectivity index (χ4v) is 5.10. The van der Waals surface area contributed by atoms with Gasteiger partial charge in [0.25, 0.3) is 0 Å². The molecule has 0 aromatic heterocycles. The molecule has 4 aromatic carbocycles. The lowest BCUT2D eigenvalue weighted by atomic mass is 9.70. The average Bonchev–Trinajstić information content (AvgIpc) is 2.84. The minimum atomic E-state index is -1.53. The van der Waals surface area contributed by atoms with Crippen LogP contribution in [0.15, 0.2) is 91.0 Å². The van der Waals surface area contributed by atoms with Crippen molar-refractivity contribution in [1.29, 1.82) is 0 Å². The number of benzene rings is 4. The summed E-state index contributed by atoms with van der Waals surface area (Å²) in [7, 11) is -1.53. The fraction of sp³-hybridized carbons (Fsp3) is 0.200. The highest BCUT2D eigenvalue weighted by Gasteiger charge is 2.36. The molecule has 0 saturated carbocycles. The van der Waals surface area contributed by atoms with Crippen LogP contribution in [0.4, 0.5) is 0 Å². The van der Waals surface area contributed by atoms with Gasteiger partial charge < -0.3 is 19.5 Å². The van der Waals surface area contributed by atoms with Gasteiger partial charge in [-0.25, -0.2) is 0 Å². The van der Waals surface area contributed by atoms with Crippen molar-refractivity contribution in [1.82, 2.24) is 0 Å². The van der Waals surface area contributed by atoms with E-state index >= 15 is 0 Å². The van der Waals surface area contributed by atoms with Gasteiger partial charge in [0, 0.05) is 38.5 Å². The van der Waals surface area contributed by atoms with Crippen molar-refractivity contribution < 1.29 is 19.5 Å². The summed E-state index contributed by atoms with van der Waals surface area (Å²) in [6.07, 6.45) is 0. The maximum atomic E-state index is 9.47. The van der Waals surface area contributed by atoms with Crippen molar-refractivity contribution in [2.24, 2.45) is 0 Å². The number of ether oxygens (including phenoxy) is 2. The summed E-state index contributed by atoms with van der Waals surface area (Å²) in [5.74, 6) is 3.28. The van der Waals surface area contributed by atoms with Crippen LogP contribution in [-0.4, -0.2) is 17.2 Å². The predicted octanol–water partition coefficient (Wildman–Crippen LogP) is 5.92. The van der Waals surface area contributed by atoms with Crippen LogP contribution < -0.4 is 14.9 Å². The molecule has 0 bridgehead atoms. The van der Waals surface area contributed by atoms with Crippen molar-refractivity contribution >= 4 is 12.6 Å². The van der Waals surface area contributed by atoms with Gasteiger partial charge in [0.1, 0.15) is 23.0 Å². The van der Waals surface area contributed by atoms with Gasteiger partial charge in [0.2, 0.25) is 0 Å². The Morgan fingerprint density at radius 2 is 0.914 bits per heavy atom. The van der Waals surface area contributed by atoms with E-state index in [0.29, 0.717) is 11.2 Å². The normalized spacial score (nSPS) is 15.5. The van der Waals surface area contributed by atoms with E-state index in [1.165, 1.54) is 11.1 Å². The zero-order chi connectivity index (χ0) is 24.8. The van der Waals surface area contributed by atoms with Gasteiger partial charge in [0.15, 0.2) is 0 Å². The smallest absolute Gasteiger partial charge is 0.457 e. The zero-order valence-electron chi connectivity index (χ0n) is 20.4. The second-order valence-electron chi connectivity index (χ2n) is 10.0. The Hall–Kier alpha value is -3.54. The standard InChI is InChI=1S/C15H15BO3.C15H14O/c1-15(2)10-6-3-4-9-13(10)19-14-11(15)7-5-8-12(14)16(17)18;1-15(2)11-7-3-5-9-13(11)16-14-10-6-4-8-12(14)15/h3-9,17-18H,1-2H3;3-10H,1-2H3. The first kappa shape index (κ1) is 23.2. The fourth-order valence-electron chi connectivity index (χ4n) is 5.10. The Kier molecular flexibility index (Phi) is 5.70. The van der Waals surface area contributed by atoms with Crippen LogP contribution in [0.3, 0.4) is 0 Å². The Balaban J connectivity index is 0.000000147. The van der Waals surface area contributed by atoms with Crippen LogP contribution in [0.1, 0.15) is 49.9 Å². The van der Waals surface area contributed by atoms with Crippen molar-refractivity contribution in [3.8, 4) is 23.0 Å². The largest absolute Gasteiger partial charge is 0.492 e. The third kappa shape index (κ3) is 3.91. The van der Waals surface area contributed by atoms with Gasteiger partial charge in [-0.2, -0.15) is 0 Å². The monoisotopic (exact) mass is 464 g/mol. The Morgan fingerprint density at radius 3 is 1.40 bits per heavy atom. The first-order chi connectivity index (χ1) is 16.7. The summed E-state index contributed by atoms with van der Waals surface area (Å²) in [6.45, 7) is 8.71. The number of rotatable bonds is 1. The molecular weight excluding hydrogens is 435 g/mol. The topological polar surface area (TPSA) is 58.9 Å². The highest BCUT2D eigenvalue weighted by Crippen LogP contribution is 2.48. The van der Waals surface area contributed by atoms with E-state index in [2.05, 4.69) is 52.0 Å². The van der Waals surface area contributed by atoms with Crippen LogP contribution in [0.25, 0.3) is 0 Å². The van der Waals surface area contributed by atoms with E-state index in [1.807, 2.05) is 60.7 Å². The predicted molar refractivity (Wildman–Crippen MR) is 140 cm³/mol. The summed E-state index contributed by atoms with van der Waals surface area (Å²) in [6, 6.07) is 29.8. The molecule has 0 unspecified atom stereocenters. The zero-order valence-corrected chi connectivity index (χ0v) is 20.4. The number of hydrogen-bond donors (Lipinski definition) is 2. The van der Waals surface area contributed by atoms with Crippen LogP contribution >= 0.6 is 0 Å². The highest BCUT2D eigenvalue weighted by atomic mass is 16.5. The molecule has 5 heteroatoms. The van der Waals surface area contributed by atoms with Gasteiger partial charge in [0.05, 0.1) is 0 Å². The molecule has 0 saturated heterocycles. The summed E-state index contributed by atoms with van der Waals surface area (Å²) in [5, 5.41) is 18.9. The second kappa shape index (κ2) is 8.60. The summed E-state index contributed by atoms with van der Waals surface area (Å²) >= 11 is 0.